The van der Waals surface area contributed by atoms with Gasteiger partial charge >= 0.3 is 0 Å². The molecule has 5 nitrogen and oxygen atoms in total. The Morgan fingerprint density at radius 3 is 1.69 bits per heavy atom. The van der Waals surface area contributed by atoms with Crippen molar-refractivity contribution in [3.8, 4) is 45.3 Å². The van der Waals surface area contributed by atoms with E-state index in [-0.39, 0.29) is 18.8 Å². The Balaban J connectivity index is 0.866. The predicted molar refractivity (Wildman–Crippen MR) is 319 cm³/mol. The number of nitrogens with one attached hydrogen (secondary N) is 1. The van der Waals surface area contributed by atoms with E-state index in [0.29, 0.717) is 0 Å². The van der Waals surface area contributed by atoms with Crippen LogP contribution in [0, 0.1) is 17.8 Å². The van der Waals surface area contributed by atoms with Crippen LogP contribution in [0.15, 0.2) is 224 Å². The summed E-state index contributed by atoms with van der Waals surface area (Å²) in [4.78, 5) is 4.91. The summed E-state index contributed by atoms with van der Waals surface area (Å²) in [6, 6.07) is 82.6. The van der Waals surface area contributed by atoms with Gasteiger partial charge in [0, 0.05) is 51.2 Å². The number of hydrogen-bond donors (Lipinski definition) is 1. The standard InChI is InChI=1S/C70H53B2N3O2/c1-4-18-47(19-5-1)53-25-11-15-29-61(53)75-62-30-16-13-27-55(62)71-57-39-58-65(40-59(57)73-60-37-51(38-63(75)68(60)71)74(49-20-6-2-7-21-49)50-22-8-3-9-23-50)77-67-36-48(35-66-69(67)72(58)56-28-14-17-31-64(56)76-66)52-24-10-12-26-54(52)70-41-44-32-45(42-70)34-46(33-44)43-70/h1-31,35-40,44-46,73H,32-34,41-43H2. The van der Waals surface area contributed by atoms with Crippen molar-refractivity contribution in [2.75, 3.05) is 15.1 Å². The second kappa shape index (κ2) is 16.7. The van der Waals surface area contributed by atoms with Gasteiger partial charge in [-0.1, -0.05) is 152 Å². The monoisotopic (exact) mass is 989 g/mol. The zero-order chi connectivity index (χ0) is 50.3. The summed E-state index contributed by atoms with van der Waals surface area (Å²) in [7, 11) is 0. The highest BCUT2D eigenvalue weighted by molar-refractivity contribution is 7.02. The van der Waals surface area contributed by atoms with E-state index < -0.39 is 0 Å². The molecule has 4 saturated carbocycles. The number of benzene rings is 10. The normalized spacial score (nSPS) is 20.1. The summed E-state index contributed by atoms with van der Waals surface area (Å²) < 4.78 is 14.4. The van der Waals surface area contributed by atoms with Crippen LogP contribution in [-0.2, 0) is 5.41 Å². The number of anilines is 8. The Morgan fingerprint density at radius 1 is 0.403 bits per heavy atom. The minimum absolute atomic E-state index is 0.0896. The van der Waals surface area contributed by atoms with Crippen LogP contribution in [0.25, 0.3) is 22.3 Å². The SMILES string of the molecule is c1ccc(-c2ccccc2N2c3ccccc3B3c4cc5c(cc4Nc4cc(N(c6ccccc6)c6ccccc6)cc2c43)Oc2cc(-c3ccccc3C34CC6CC(CC(C6)C3)C4)cc3c2B5c2ccccc2O3)cc1. The number of ether oxygens (including phenoxy) is 2. The van der Waals surface area contributed by atoms with E-state index in [1.165, 1.54) is 82.7 Å². The van der Waals surface area contributed by atoms with Gasteiger partial charge in [-0.25, -0.2) is 0 Å². The summed E-state index contributed by atoms with van der Waals surface area (Å²) >= 11 is 0. The summed E-state index contributed by atoms with van der Waals surface area (Å²) in [5.41, 5.74) is 22.6. The van der Waals surface area contributed by atoms with Crippen molar-refractivity contribution in [2.45, 2.75) is 43.9 Å². The molecule has 4 fully saturated rings. The molecule has 4 aliphatic heterocycles. The van der Waals surface area contributed by atoms with E-state index in [1.807, 2.05) is 0 Å². The van der Waals surface area contributed by atoms with Gasteiger partial charge in [-0.05, 0) is 178 Å². The summed E-state index contributed by atoms with van der Waals surface area (Å²) in [6.07, 6.45) is 8.22. The zero-order valence-corrected chi connectivity index (χ0v) is 42.7. The molecule has 7 heteroatoms. The highest BCUT2D eigenvalue weighted by Gasteiger charge is 2.53. The number of fused-ring (bicyclic) bond motifs is 8. The number of para-hydroxylation sites is 5. The molecule has 4 heterocycles. The molecule has 1 N–H and O–H groups in total. The highest BCUT2D eigenvalue weighted by atomic mass is 16.5. The first-order valence-electron chi connectivity index (χ1n) is 27.9. The molecule has 8 aliphatic rings. The molecular weight excluding hydrogens is 936 g/mol. The van der Waals surface area contributed by atoms with Crippen molar-refractivity contribution in [3.05, 3.63) is 230 Å². The molecule has 10 aromatic carbocycles. The van der Waals surface area contributed by atoms with Crippen LogP contribution < -0.4 is 57.4 Å². The van der Waals surface area contributed by atoms with Gasteiger partial charge in [0.05, 0.1) is 11.4 Å². The lowest BCUT2D eigenvalue weighted by Gasteiger charge is -2.57. The summed E-state index contributed by atoms with van der Waals surface area (Å²) in [5.74, 6) is 6.11. The van der Waals surface area contributed by atoms with Crippen LogP contribution >= 0.6 is 0 Å². The Hall–Kier alpha value is -8.67. The molecule has 366 valence electrons. The first-order valence-corrected chi connectivity index (χ1v) is 27.9. The van der Waals surface area contributed by atoms with E-state index in [0.717, 1.165) is 103 Å². The Labute approximate surface area is 450 Å². The second-order valence-corrected chi connectivity index (χ2v) is 23.0. The maximum Gasteiger partial charge on any atom is 0.260 e. The maximum absolute atomic E-state index is 7.39. The van der Waals surface area contributed by atoms with Crippen LogP contribution in [-0.4, -0.2) is 13.4 Å². The van der Waals surface area contributed by atoms with Crippen molar-refractivity contribution in [2.24, 2.45) is 17.8 Å². The lowest BCUT2D eigenvalue weighted by atomic mass is 9.31. The number of hydrogen-bond acceptors (Lipinski definition) is 5. The van der Waals surface area contributed by atoms with Gasteiger partial charge in [0.2, 0.25) is 0 Å². The van der Waals surface area contributed by atoms with Crippen LogP contribution in [0.1, 0.15) is 44.1 Å². The molecule has 4 aliphatic carbocycles. The fourth-order valence-corrected chi connectivity index (χ4v) is 16.1. The molecule has 10 aromatic rings. The topological polar surface area (TPSA) is 37.0 Å². The summed E-state index contributed by atoms with van der Waals surface area (Å²) in [5, 5.41) is 4.13. The maximum atomic E-state index is 7.39. The number of nitrogens with zero attached hydrogens (tertiary/aromatic N) is 2. The fourth-order valence-electron chi connectivity index (χ4n) is 16.1. The third kappa shape index (κ3) is 6.62. The zero-order valence-electron chi connectivity index (χ0n) is 42.7. The molecule has 0 unspecified atom stereocenters. The highest BCUT2D eigenvalue weighted by Crippen LogP contribution is 2.62. The quantitative estimate of drug-likeness (QED) is 0.161. The van der Waals surface area contributed by atoms with Crippen molar-refractivity contribution >= 4 is 91.7 Å². The first-order chi connectivity index (χ1) is 38.1. The molecule has 0 aromatic heterocycles. The predicted octanol–water partition coefficient (Wildman–Crippen LogP) is 14.0. The molecule has 0 saturated heterocycles. The second-order valence-electron chi connectivity index (χ2n) is 23.0. The van der Waals surface area contributed by atoms with Crippen LogP contribution in [0.2, 0.25) is 0 Å². The van der Waals surface area contributed by atoms with Gasteiger partial charge in [-0.3, -0.25) is 0 Å². The smallest absolute Gasteiger partial charge is 0.260 e. The van der Waals surface area contributed by atoms with Gasteiger partial charge in [-0.15, -0.1) is 0 Å². The largest absolute Gasteiger partial charge is 0.458 e. The molecule has 18 rings (SSSR count). The van der Waals surface area contributed by atoms with Gasteiger partial charge < -0.3 is 24.6 Å². The van der Waals surface area contributed by atoms with E-state index in [2.05, 4.69) is 240 Å². The van der Waals surface area contributed by atoms with E-state index >= 15 is 0 Å². The molecule has 77 heavy (non-hydrogen) atoms. The molecule has 0 amide bonds. The molecule has 0 atom stereocenters. The van der Waals surface area contributed by atoms with Gasteiger partial charge in [-0.2, -0.15) is 0 Å². The van der Waals surface area contributed by atoms with Gasteiger partial charge in [0.25, 0.3) is 13.4 Å². The van der Waals surface area contributed by atoms with E-state index in [4.69, 9.17) is 9.47 Å². The van der Waals surface area contributed by atoms with Crippen molar-refractivity contribution < 1.29 is 9.47 Å². The Morgan fingerprint density at radius 2 is 0.974 bits per heavy atom. The molecule has 0 radical (unpaired) electrons. The summed E-state index contributed by atoms with van der Waals surface area (Å²) in [6.45, 7) is -0.179. The minimum Gasteiger partial charge on any atom is -0.458 e. The Bertz CT molecular complexity index is 3980. The minimum atomic E-state index is -0.0897. The lowest BCUT2D eigenvalue weighted by Crippen LogP contribution is -2.63. The number of rotatable bonds is 7. The Kier molecular flexibility index (Phi) is 9.43. The van der Waals surface area contributed by atoms with Crippen molar-refractivity contribution in [1.82, 2.24) is 0 Å². The van der Waals surface area contributed by atoms with Crippen molar-refractivity contribution in [3.63, 3.8) is 0 Å². The van der Waals surface area contributed by atoms with Crippen LogP contribution in [0.4, 0.5) is 45.5 Å². The third-order valence-corrected chi connectivity index (χ3v) is 18.7. The van der Waals surface area contributed by atoms with Crippen molar-refractivity contribution in [1.29, 1.82) is 0 Å². The molecule has 4 bridgehead atoms. The van der Waals surface area contributed by atoms with Gasteiger partial charge in [0.15, 0.2) is 0 Å². The van der Waals surface area contributed by atoms with E-state index in [1.54, 1.807) is 0 Å². The fraction of sp³-hybridized carbons (Fsp3) is 0.143. The van der Waals surface area contributed by atoms with Gasteiger partial charge in [0.1, 0.15) is 23.0 Å². The van der Waals surface area contributed by atoms with Crippen LogP contribution in [0.5, 0.6) is 23.0 Å². The third-order valence-electron chi connectivity index (χ3n) is 18.7. The molecular formula is C70H53B2N3O2. The van der Waals surface area contributed by atoms with Crippen LogP contribution in [0.3, 0.4) is 0 Å². The first kappa shape index (κ1) is 43.6. The lowest BCUT2D eigenvalue weighted by molar-refractivity contribution is -0.00492. The average Bonchev–Trinajstić information content (AvgIpc) is 3.66. The molecule has 0 spiro atoms. The average molecular weight is 990 g/mol. The van der Waals surface area contributed by atoms with E-state index in [9.17, 15) is 0 Å².